The Kier molecular flexibility index (Phi) is 5.09. The van der Waals surface area contributed by atoms with Crippen molar-refractivity contribution in [3.8, 4) is 0 Å². The Morgan fingerprint density at radius 1 is 1.04 bits per heavy atom. The van der Waals surface area contributed by atoms with Gasteiger partial charge in [-0.1, -0.05) is 52.3 Å². The van der Waals surface area contributed by atoms with E-state index < -0.39 is 17.9 Å². The molecule has 1 N–H and O–H groups in total. The normalized spacial score (nSPS) is 11.8. The molecule has 3 rings (SSSR count). The summed E-state index contributed by atoms with van der Waals surface area (Å²) in [6, 6.07) is 17.2. The van der Waals surface area contributed by atoms with Crippen LogP contribution >= 0.6 is 15.9 Å². The molecule has 1 unspecified atom stereocenters. The maximum absolute atomic E-state index is 12.6. The highest BCUT2D eigenvalue weighted by Gasteiger charge is 2.24. The third-order valence-electron chi connectivity index (χ3n) is 3.75. The maximum Gasteiger partial charge on any atom is 0.333 e. The number of carbonyl (C=O) groups is 2. The number of halogens is 1. The van der Waals surface area contributed by atoms with Crippen molar-refractivity contribution in [3.63, 3.8) is 0 Å². The van der Waals surface area contributed by atoms with Gasteiger partial charge in [0.2, 0.25) is 0 Å². The third kappa shape index (κ3) is 3.85. The van der Waals surface area contributed by atoms with Gasteiger partial charge in [0.1, 0.15) is 5.69 Å². The van der Waals surface area contributed by atoms with Crippen molar-refractivity contribution in [3.05, 3.63) is 76.4 Å². The number of para-hydroxylation sites is 1. The first kappa shape index (κ1) is 17.1. The van der Waals surface area contributed by atoms with Crippen molar-refractivity contribution in [2.24, 2.45) is 0 Å². The summed E-state index contributed by atoms with van der Waals surface area (Å²) in [5.74, 6) is -0.986. The first-order valence-corrected chi connectivity index (χ1v) is 8.38. The van der Waals surface area contributed by atoms with E-state index in [2.05, 4.69) is 26.2 Å². The van der Waals surface area contributed by atoms with Gasteiger partial charge in [0, 0.05) is 9.86 Å². The highest BCUT2D eigenvalue weighted by atomic mass is 79.9. The van der Waals surface area contributed by atoms with E-state index in [1.165, 1.54) is 7.11 Å². The summed E-state index contributed by atoms with van der Waals surface area (Å²) in [4.78, 5) is 29.0. The molecule has 1 heterocycles. The molecule has 0 saturated carbocycles. The number of pyridine rings is 1. The average Bonchev–Trinajstić information content (AvgIpc) is 2.65. The number of amides is 1. The number of nitrogens with zero attached hydrogens (tertiary/aromatic N) is 1. The number of rotatable bonds is 4. The van der Waals surface area contributed by atoms with Crippen LogP contribution in [0, 0.1) is 0 Å². The van der Waals surface area contributed by atoms with Gasteiger partial charge < -0.3 is 10.1 Å². The van der Waals surface area contributed by atoms with E-state index in [0.29, 0.717) is 11.1 Å². The summed E-state index contributed by atoms with van der Waals surface area (Å²) < 4.78 is 5.70. The van der Waals surface area contributed by atoms with E-state index in [9.17, 15) is 9.59 Å². The molecule has 126 valence electrons. The molecule has 0 bridgehead atoms. The van der Waals surface area contributed by atoms with Gasteiger partial charge in [0.25, 0.3) is 5.91 Å². The summed E-state index contributed by atoms with van der Waals surface area (Å²) in [6.07, 6.45) is 0. The lowest BCUT2D eigenvalue weighted by Crippen LogP contribution is -2.35. The smallest absolute Gasteiger partial charge is 0.333 e. The Hall–Kier alpha value is -2.73. The molecular weight excluding hydrogens is 384 g/mol. The van der Waals surface area contributed by atoms with Crippen LogP contribution in [0.2, 0.25) is 0 Å². The van der Waals surface area contributed by atoms with Crippen LogP contribution in [0.25, 0.3) is 10.9 Å². The highest BCUT2D eigenvalue weighted by molar-refractivity contribution is 9.10. The maximum atomic E-state index is 12.6. The number of aromatic nitrogens is 1. The van der Waals surface area contributed by atoms with Crippen LogP contribution < -0.4 is 5.32 Å². The molecule has 2 aromatic carbocycles. The van der Waals surface area contributed by atoms with Gasteiger partial charge in [-0.15, -0.1) is 0 Å². The minimum atomic E-state index is -0.904. The van der Waals surface area contributed by atoms with Crippen LogP contribution in [-0.2, 0) is 9.53 Å². The standard InChI is InChI=1S/C19H15BrN2O3/c1-25-19(24)17(13-6-9-14(20)10-7-13)22-18(23)16-11-8-12-4-2-3-5-15(12)21-16/h2-11,17H,1H3,(H,22,23). The van der Waals surface area contributed by atoms with Crippen LogP contribution in [-0.4, -0.2) is 24.0 Å². The van der Waals surface area contributed by atoms with Gasteiger partial charge in [-0.25, -0.2) is 9.78 Å². The molecule has 1 amide bonds. The number of fused-ring (bicyclic) bond motifs is 1. The molecule has 1 aromatic heterocycles. The topological polar surface area (TPSA) is 68.3 Å². The molecule has 0 radical (unpaired) electrons. The fraction of sp³-hybridized carbons (Fsp3) is 0.105. The summed E-state index contributed by atoms with van der Waals surface area (Å²) in [5, 5.41) is 3.63. The average molecular weight is 399 g/mol. The Morgan fingerprint density at radius 2 is 1.76 bits per heavy atom. The molecule has 0 spiro atoms. The number of hydrogen-bond donors (Lipinski definition) is 1. The van der Waals surface area contributed by atoms with Crippen LogP contribution in [0.1, 0.15) is 22.1 Å². The largest absolute Gasteiger partial charge is 0.467 e. The van der Waals surface area contributed by atoms with Crippen molar-refractivity contribution in [1.82, 2.24) is 10.3 Å². The minimum Gasteiger partial charge on any atom is -0.467 e. The molecule has 0 fully saturated rings. The number of esters is 1. The molecule has 1 atom stereocenters. The zero-order valence-electron chi connectivity index (χ0n) is 13.4. The second-order valence-corrected chi connectivity index (χ2v) is 6.29. The van der Waals surface area contributed by atoms with Crippen LogP contribution in [0.3, 0.4) is 0 Å². The van der Waals surface area contributed by atoms with E-state index in [1.807, 2.05) is 30.3 Å². The number of hydrogen-bond acceptors (Lipinski definition) is 4. The van der Waals surface area contributed by atoms with Crippen LogP contribution in [0.15, 0.2) is 65.1 Å². The van der Waals surface area contributed by atoms with E-state index in [0.717, 1.165) is 9.86 Å². The Bertz CT molecular complexity index is 925. The molecule has 0 aliphatic carbocycles. The number of ether oxygens (including phenoxy) is 1. The van der Waals surface area contributed by atoms with Gasteiger partial charge in [0.05, 0.1) is 12.6 Å². The van der Waals surface area contributed by atoms with Crippen molar-refractivity contribution in [2.45, 2.75) is 6.04 Å². The highest BCUT2D eigenvalue weighted by Crippen LogP contribution is 2.19. The monoisotopic (exact) mass is 398 g/mol. The lowest BCUT2D eigenvalue weighted by Gasteiger charge is -2.17. The molecule has 3 aromatic rings. The number of nitrogens with one attached hydrogen (secondary N) is 1. The number of methoxy groups -OCH3 is 1. The van der Waals surface area contributed by atoms with Crippen molar-refractivity contribution in [2.75, 3.05) is 7.11 Å². The molecule has 0 aliphatic heterocycles. The fourth-order valence-electron chi connectivity index (χ4n) is 2.45. The molecule has 0 aliphatic rings. The Morgan fingerprint density at radius 3 is 2.48 bits per heavy atom. The molecular formula is C19H15BrN2O3. The van der Waals surface area contributed by atoms with E-state index in [1.54, 1.807) is 30.3 Å². The lowest BCUT2D eigenvalue weighted by atomic mass is 10.1. The van der Waals surface area contributed by atoms with Crippen molar-refractivity contribution >= 4 is 38.7 Å². The first-order chi connectivity index (χ1) is 12.1. The van der Waals surface area contributed by atoms with Gasteiger partial charge >= 0.3 is 5.97 Å². The molecule has 0 saturated heterocycles. The van der Waals surface area contributed by atoms with Gasteiger partial charge in [0.15, 0.2) is 6.04 Å². The lowest BCUT2D eigenvalue weighted by molar-refractivity contribution is -0.143. The first-order valence-electron chi connectivity index (χ1n) is 7.58. The predicted molar refractivity (Wildman–Crippen MR) is 98.1 cm³/mol. The summed E-state index contributed by atoms with van der Waals surface area (Å²) >= 11 is 3.35. The van der Waals surface area contributed by atoms with E-state index in [-0.39, 0.29) is 5.69 Å². The zero-order valence-corrected chi connectivity index (χ0v) is 15.0. The third-order valence-corrected chi connectivity index (χ3v) is 4.28. The van der Waals surface area contributed by atoms with Gasteiger partial charge in [-0.2, -0.15) is 0 Å². The van der Waals surface area contributed by atoms with E-state index in [4.69, 9.17) is 4.74 Å². The quantitative estimate of drug-likeness (QED) is 0.681. The SMILES string of the molecule is COC(=O)C(NC(=O)c1ccc2ccccc2n1)c1ccc(Br)cc1. The number of carbonyl (C=O) groups excluding carboxylic acids is 2. The predicted octanol–water partition coefficient (Wildman–Crippen LogP) is 3.64. The summed E-state index contributed by atoms with van der Waals surface area (Å²) in [6.45, 7) is 0. The van der Waals surface area contributed by atoms with Gasteiger partial charge in [-0.3, -0.25) is 4.79 Å². The second kappa shape index (κ2) is 7.44. The zero-order chi connectivity index (χ0) is 17.8. The Balaban J connectivity index is 1.88. The fourth-order valence-corrected chi connectivity index (χ4v) is 2.71. The molecule has 6 heteroatoms. The number of benzene rings is 2. The summed E-state index contributed by atoms with van der Waals surface area (Å²) in [5.41, 5.74) is 1.59. The minimum absolute atomic E-state index is 0.240. The van der Waals surface area contributed by atoms with Gasteiger partial charge in [-0.05, 0) is 29.8 Å². The second-order valence-electron chi connectivity index (χ2n) is 5.37. The van der Waals surface area contributed by atoms with Crippen molar-refractivity contribution in [1.29, 1.82) is 0 Å². The van der Waals surface area contributed by atoms with Crippen LogP contribution in [0.4, 0.5) is 0 Å². The molecule has 25 heavy (non-hydrogen) atoms. The molecule has 5 nitrogen and oxygen atoms in total. The van der Waals surface area contributed by atoms with Crippen LogP contribution in [0.5, 0.6) is 0 Å². The Labute approximate surface area is 153 Å². The summed E-state index contributed by atoms with van der Waals surface area (Å²) in [7, 11) is 1.29. The van der Waals surface area contributed by atoms with Crippen molar-refractivity contribution < 1.29 is 14.3 Å². The van der Waals surface area contributed by atoms with E-state index >= 15 is 0 Å².